The number of fused-ring (bicyclic) bond motifs is 2. The molecule has 0 saturated carbocycles. The third-order valence-corrected chi connectivity index (χ3v) is 5.17. The summed E-state index contributed by atoms with van der Waals surface area (Å²) in [7, 11) is 0. The van der Waals surface area contributed by atoms with E-state index in [4.69, 9.17) is 20.6 Å². The van der Waals surface area contributed by atoms with Gasteiger partial charge in [0.1, 0.15) is 24.6 Å². The van der Waals surface area contributed by atoms with Gasteiger partial charge < -0.3 is 19.5 Å². The molecule has 2 saturated heterocycles. The van der Waals surface area contributed by atoms with Crippen LogP contribution in [0.5, 0.6) is 0 Å². The second-order valence-corrected chi connectivity index (χ2v) is 7.58. The molecule has 27 heavy (non-hydrogen) atoms. The molecule has 0 bridgehead atoms. The number of hydrogen-bond acceptors (Lipinski definition) is 9. The van der Waals surface area contributed by atoms with Gasteiger partial charge in [0.25, 0.3) is 0 Å². The van der Waals surface area contributed by atoms with Crippen molar-refractivity contribution in [1.29, 1.82) is 0 Å². The van der Waals surface area contributed by atoms with Crippen molar-refractivity contribution in [2.45, 2.75) is 44.2 Å². The van der Waals surface area contributed by atoms with Gasteiger partial charge in [-0.3, -0.25) is 4.57 Å². The first-order valence-electron chi connectivity index (χ1n) is 8.37. The summed E-state index contributed by atoms with van der Waals surface area (Å²) in [6.45, 7) is 3.72. The largest absolute Gasteiger partial charge is 0.341 e. The van der Waals surface area contributed by atoms with Crippen LogP contribution in [0, 0.1) is 12.3 Å². The lowest BCUT2D eigenvalue weighted by Crippen LogP contribution is -2.28. The molecule has 0 aromatic carbocycles. The van der Waals surface area contributed by atoms with E-state index >= 15 is 0 Å². The Bertz CT molecular complexity index is 1030. The van der Waals surface area contributed by atoms with E-state index < -0.39 is 18.1 Å². The Morgan fingerprint density at radius 2 is 2.07 bits per heavy atom. The first-order valence-corrected chi connectivity index (χ1v) is 9.25. The standard InChI is InChI=1S/C17H16N6O3S/c1-4-9-11-12(26-17(2,3)25-11)15(24-9)23-8-21-10-13(19-7-20-14(10)23)22-16-18-5-6-27-16/h1,5-9,11-12,15H,2-3H3,(H,18,19,20,22)/t9-,11-,12-,15-/m1/s1. The van der Waals surface area contributed by atoms with Crippen molar-refractivity contribution in [1.82, 2.24) is 24.5 Å². The summed E-state index contributed by atoms with van der Waals surface area (Å²) in [6, 6.07) is 0. The fourth-order valence-corrected chi connectivity index (χ4v) is 3.98. The number of rotatable bonds is 3. The van der Waals surface area contributed by atoms with Crippen molar-refractivity contribution in [2.24, 2.45) is 0 Å². The van der Waals surface area contributed by atoms with Gasteiger partial charge in [-0.25, -0.2) is 19.9 Å². The van der Waals surface area contributed by atoms with Crippen LogP contribution in [0.3, 0.4) is 0 Å². The van der Waals surface area contributed by atoms with Crippen molar-refractivity contribution in [3.8, 4) is 12.3 Å². The summed E-state index contributed by atoms with van der Waals surface area (Å²) < 4.78 is 19.8. The molecule has 0 radical (unpaired) electrons. The maximum Gasteiger partial charge on any atom is 0.188 e. The molecule has 2 aliphatic rings. The fourth-order valence-electron chi connectivity index (χ4n) is 3.45. The number of nitrogens with zero attached hydrogens (tertiary/aromatic N) is 5. The van der Waals surface area contributed by atoms with E-state index in [2.05, 4.69) is 31.2 Å². The lowest BCUT2D eigenvalue weighted by Gasteiger charge is -2.23. The van der Waals surface area contributed by atoms with E-state index in [-0.39, 0.29) is 12.2 Å². The van der Waals surface area contributed by atoms with Crippen LogP contribution in [0.1, 0.15) is 20.1 Å². The first-order chi connectivity index (χ1) is 13.1. The molecule has 0 aliphatic carbocycles. The average molecular weight is 384 g/mol. The maximum atomic E-state index is 6.05. The molecule has 2 fully saturated rings. The lowest BCUT2D eigenvalue weighted by atomic mass is 10.1. The van der Waals surface area contributed by atoms with Crippen molar-refractivity contribution < 1.29 is 14.2 Å². The molecule has 9 nitrogen and oxygen atoms in total. The van der Waals surface area contributed by atoms with E-state index in [9.17, 15) is 0 Å². The molecular weight excluding hydrogens is 368 g/mol. The SMILES string of the molecule is C#C[C@H]1O[C@@H](n2cnc3c(Nc4nccs4)ncnc32)[C@@H]2OC(C)(C)O[C@@H]21. The zero-order chi connectivity index (χ0) is 18.6. The minimum Gasteiger partial charge on any atom is -0.341 e. The van der Waals surface area contributed by atoms with Gasteiger partial charge in [-0.05, 0) is 13.8 Å². The molecule has 3 aromatic rings. The van der Waals surface area contributed by atoms with Gasteiger partial charge >= 0.3 is 0 Å². The van der Waals surface area contributed by atoms with Crippen molar-refractivity contribution in [3.05, 3.63) is 24.2 Å². The molecule has 1 N–H and O–H groups in total. The summed E-state index contributed by atoms with van der Waals surface area (Å²) in [5.41, 5.74) is 1.22. The number of thiazole rings is 1. The zero-order valence-electron chi connectivity index (χ0n) is 14.6. The topological polar surface area (TPSA) is 96.2 Å². The maximum absolute atomic E-state index is 6.05. The number of terminal acetylenes is 1. The summed E-state index contributed by atoms with van der Waals surface area (Å²) >= 11 is 1.47. The molecule has 3 aromatic heterocycles. The normalized spacial score (nSPS) is 28.9. The van der Waals surface area contributed by atoms with E-state index in [1.165, 1.54) is 17.7 Å². The number of nitrogens with one attached hydrogen (secondary N) is 1. The average Bonchev–Trinajstić information content (AvgIpc) is 3.38. The Labute approximate surface area is 158 Å². The highest BCUT2D eigenvalue weighted by atomic mass is 32.1. The molecule has 138 valence electrons. The van der Waals surface area contributed by atoms with Crippen LogP contribution in [0.15, 0.2) is 24.2 Å². The van der Waals surface area contributed by atoms with Gasteiger partial charge in [-0.15, -0.1) is 17.8 Å². The van der Waals surface area contributed by atoms with Gasteiger partial charge in [0.2, 0.25) is 0 Å². The highest BCUT2D eigenvalue weighted by Crippen LogP contribution is 2.43. The Balaban J connectivity index is 1.53. The summed E-state index contributed by atoms with van der Waals surface area (Å²) in [4.78, 5) is 17.3. The molecule has 2 aliphatic heterocycles. The molecular formula is C17H16N6O3S. The summed E-state index contributed by atoms with van der Waals surface area (Å²) in [5, 5.41) is 5.77. The first kappa shape index (κ1) is 16.6. The lowest BCUT2D eigenvalue weighted by molar-refractivity contribution is -0.190. The predicted octanol–water partition coefficient (Wildman–Crippen LogP) is 2.08. The summed E-state index contributed by atoms with van der Waals surface area (Å²) in [5.74, 6) is 2.48. The van der Waals surface area contributed by atoms with Crippen molar-refractivity contribution in [3.63, 3.8) is 0 Å². The monoisotopic (exact) mass is 384 g/mol. The Morgan fingerprint density at radius 1 is 1.22 bits per heavy atom. The van der Waals surface area contributed by atoms with Gasteiger partial charge in [-0.2, -0.15) is 0 Å². The predicted molar refractivity (Wildman–Crippen MR) is 97.3 cm³/mol. The van der Waals surface area contributed by atoms with E-state index in [1.54, 1.807) is 12.5 Å². The highest BCUT2D eigenvalue weighted by Gasteiger charge is 2.55. The number of anilines is 2. The minimum absolute atomic E-state index is 0.345. The minimum atomic E-state index is -0.727. The van der Waals surface area contributed by atoms with E-state index in [1.807, 2.05) is 23.8 Å². The van der Waals surface area contributed by atoms with Gasteiger partial charge in [-0.1, -0.05) is 5.92 Å². The third-order valence-electron chi connectivity index (χ3n) is 4.48. The van der Waals surface area contributed by atoms with Crippen molar-refractivity contribution >= 4 is 33.5 Å². The number of imidazole rings is 1. The molecule has 10 heteroatoms. The van der Waals surface area contributed by atoms with Gasteiger partial charge in [0.05, 0.1) is 6.33 Å². The number of ether oxygens (including phenoxy) is 3. The van der Waals surface area contributed by atoms with Gasteiger partial charge in [0.15, 0.2) is 34.1 Å². The highest BCUT2D eigenvalue weighted by molar-refractivity contribution is 7.13. The fraction of sp³-hybridized carbons (Fsp3) is 0.412. The summed E-state index contributed by atoms with van der Waals surface area (Å²) in [6.07, 6.45) is 8.77. The third kappa shape index (κ3) is 2.67. The van der Waals surface area contributed by atoms with Crippen LogP contribution >= 0.6 is 11.3 Å². The Morgan fingerprint density at radius 3 is 2.85 bits per heavy atom. The van der Waals surface area contributed by atoms with E-state index in [0.29, 0.717) is 17.0 Å². The van der Waals surface area contributed by atoms with Crippen LogP contribution in [-0.2, 0) is 14.2 Å². The zero-order valence-corrected chi connectivity index (χ0v) is 15.4. The smallest absolute Gasteiger partial charge is 0.188 e. The Kier molecular flexibility index (Phi) is 3.66. The molecule has 4 atom stereocenters. The number of aromatic nitrogens is 5. The van der Waals surface area contributed by atoms with Crippen LogP contribution < -0.4 is 5.32 Å². The quantitative estimate of drug-likeness (QED) is 0.686. The molecule has 0 unspecified atom stereocenters. The van der Waals surface area contributed by atoms with Gasteiger partial charge in [0, 0.05) is 11.6 Å². The van der Waals surface area contributed by atoms with Crippen LogP contribution in [0.25, 0.3) is 11.2 Å². The Hall–Kier alpha value is -2.58. The molecule has 0 amide bonds. The second-order valence-electron chi connectivity index (χ2n) is 6.69. The van der Waals surface area contributed by atoms with Crippen LogP contribution in [-0.4, -0.2) is 48.6 Å². The molecule has 5 heterocycles. The van der Waals surface area contributed by atoms with E-state index in [0.717, 1.165) is 5.13 Å². The number of hydrogen-bond donors (Lipinski definition) is 1. The molecule has 5 rings (SSSR count). The molecule has 0 spiro atoms. The second kappa shape index (κ2) is 5.97. The van der Waals surface area contributed by atoms with Crippen molar-refractivity contribution in [2.75, 3.05) is 5.32 Å². The van der Waals surface area contributed by atoms with Crippen LogP contribution in [0.2, 0.25) is 0 Å². The van der Waals surface area contributed by atoms with Crippen LogP contribution in [0.4, 0.5) is 10.9 Å².